The molecule has 0 radical (unpaired) electrons. The Morgan fingerprint density at radius 3 is 2.54 bits per heavy atom. The van der Waals surface area contributed by atoms with Crippen LogP contribution in [0.25, 0.3) is 0 Å². The number of aliphatic carboxylic acids is 1. The maximum Gasteiger partial charge on any atom is 0.337 e. The summed E-state index contributed by atoms with van der Waals surface area (Å²) in [6.45, 7) is 0. The van der Waals surface area contributed by atoms with E-state index in [-0.39, 0.29) is 12.0 Å². The Morgan fingerprint density at radius 2 is 2.00 bits per heavy atom. The maximum atomic E-state index is 10.5. The number of pyridine rings is 1. The maximum absolute atomic E-state index is 10.5. The molecule has 5 heteroatoms. The monoisotopic (exact) mass is 181 g/mol. The van der Waals surface area contributed by atoms with Crippen molar-refractivity contribution in [2.45, 2.75) is 6.42 Å². The fourth-order valence-electron chi connectivity index (χ4n) is 0.876. The summed E-state index contributed by atoms with van der Waals surface area (Å²) in [6.07, 6.45) is 2.29. The number of carboxylic acid groups (broad SMARTS) is 2. The van der Waals surface area contributed by atoms with Crippen LogP contribution in [0.3, 0.4) is 0 Å². The van der Waals surface area contributed by atoms with Gasteiger partial charge in [0.1, 0.15) is 0 Å². The van der Waals surface area contributed by atoms with E-state index in [0.29, 0.717) is 5.56 Å². The molecule has 0 aliphatic carbocycles. The van der Waals surface area contributed by atoms with Crippen LogP contribution in [0.5, 0.6) is 0 Å². The molecule has 0 amide bonds. The van der Waals surface area contributed by atoms with Crippen molar-refractivity contribution in [3.05, 3.63) is 29.6 Å². The smallest absolute Gasteiger partial charge is 0.337 e. The molecule has 0 bridgehead atoms. The van der Waals surface area contributed by atoms with Gasteiger partial charge in [0.15, 0.2) is 0 Å². The number of carbonyl (C=O) groups is 2. The fraction of sp³-hybridized carbons (Fsp3) is 0.125. The van der Waals surface area contributed by atoms with E-state index in [0.717, 1.165) is 0 Å². The second-order valence-electron chi connectivity index (χ2n) is 2.46. The predicted octanol–water partition coefficient (Wildman–Crippen LogP) is 0.407. The van der Waals surface area contributed by atoms with Gasteiger partial charge in [-0.05, 0) is 11.6 Å². The molecule has 0 spiro atoms. The SMILES string of the molecule is O=C(O)Cc1cncc(C(=O)O)c1. The Morgan fingerprint density at radius 1 is 1.31 bits per heavy atom. The lowest BCUT2D eigenvalue weighted by Crippen LogP contribution is -2.03. The topological polar surface area (TPSA) is 87.5 Å². The molecular formula is C8H7NO4. The van der Waals surface area contributed by atoms with Crippen LogP contribution in [0, 0.1) is 0 Å². The minimum Gasteiger partial charge on any atom is -0.481 e. The van der Waals surface area contributed by atoms with Gasteiger partial charge in [-0.3, -0.25) is 9.78 Å². The summed E-state index contributed by atoms with van der Waals surface area (Å²) in [7, 11) is 0. The van der Waals surface area contributed by atoms with Crippen LogP contribution < -0.4 is 0 Å². The number of aromatic carboxylic acids is 1. The average Bonchev–Trinajstić information content (AvgIpc) is 2.03. The summed E-state index contributed by atoms with van der Waals surface area (Å²) >= 11 is 0. The summed E-state index contributed by atoms with van der Waals surface area (Å²) in [6, 6.07) is 1.30. The zero-order chi connectivity index (χ0) is 9.84. The molecule has 0 aliphatic heterocycles. The molecule has 1 aromatic heterocycles. The van der Waals surface area contributed by atoms with Crippen LogP contribution in [-0.2, 0) is 11.2 Å². The van der Waals surface area contributed by atoms with Crippen LogP contribution in [-0.4, -0.2) is 27.1 Å². The highest BCUT2D eigenvalue weighted by atomic mass is 16.4. The predicted molar refractivity (Wildman–Crippen MR) is 42.5 cm³/mol. The molecule has 0 saturated carbocycles. The first-order valence-electron chi connectivity index (χ1n) is 3.48. The molecule has 0 atom stereocenters. The third-order valence-electron chi connectivity index (χ3n) is 1.40. The Bertz CT molecular complexity index is 348. The molecule has 13 heavy (non-hydrogen) atoms. The average molecular weight is 181 g/mol. The Labute approximate surface area is 73.7 Å². The van der Waals surface area contributed by atoms with Gasteiger partial charge in [-0.2, -0.15) is 0 Å². The highest BCUT2D eigenvalue weighted by Gasteiger charge is 2.06. The largest absolute Gasteiger partial charge is 0.481 e. The zero-order valence-corrected chi connectivity index (χ0v) is 6.60. The van der Waals surface area contributed by atoms with Gasteiger partial charge in [0.2, 0.25) is 0 Å². The van der Waals surface area contributed by atoms with E-state index in [9.17, 15) is 9.59 Å². The van der Waals surface area contributed by atoms with E-state index >= 15 is 0 Å². The number of carboxylic acids is 2. The lowest BCUT2D eigenvalue weighted by molar-refractivity contribution is -0.136. The van der Waals surface area contributed by atoms with Crippen molar-refractivity contribution in [2.24, 2.45) is 0 Å². The molecule has 0 aliphatic rings. The summed E-state index contributed by atoms with van der Waals surface area (Å²) in [5, 5.41) is 17.0. The summed E-state index contributed by atoms with van der Waals surface area (Å²) in [5.41, 5.74) is 0.381. The van der Waals surface area contributed by atoms with Gasteiger partial charge in [0.05, 0.1) is 12.0 Å². The van der Waals surface area contributed by atoms with Gasteiger partial charge < -0.3 is 10.2 Å². The quantitative estimate of drug-likeness (QED) is 0.704. The number of aromatic nitrogens is 1. The molecule has 1 rings (SSSR count). The van der Waals surface area contributed by atoms with Crippen LogP contribution in [0.1, 0.15) is 15.9 Å². The molecule has 0 fully saturated rings. The molecule has 5 nitrogen and oxygen atoms in total. The number of rotatable bonds is 3. The van der Waals surface area contributed by atoms with E-state index in [4.69, 9.17) is 10.2 Å². The van der Waals surface area contributed by atoms with E-state index in [2.05, 4.69) is 4.98 Å². The first-order chi connectivity index (χ1) is 6.09. The first-order valence-corrected chi connectivity index (χ1v) is 3.48. The molecule has 68 valence electrons. The Balaban J connectivity index is 2.91. The van der Waals surface area contributed by atoms with Crippen LogP contribution in [0.4, 0.5) is 0 Å². The van der Waals surface area contributed by atoms with Crippen molar-refractivity contribution in [1.82, 2.24) is 4.98 Å². The van der Waals surface area contributed by atoms with Gasteiger partial charge >= 0.3 is 11.9 Å². The van der Waals surface area contributed by atoms with E-state index in [1.165, 1.54) is 18.5 Å². The number of nitrogens with zero attached hydrogens (tertiary/aromatic N) is 1. The van der Waals surface area contributed by atoms with Crippen LogP contribution in [0.15, 0.2) is 18.5 Å². The minimum absolute atomic E-state index is 0.00116. The normalized spacial score (nSPS) is 9.54. The second-order valence-corrected chi connectivity index (χ2v) is 2.46. The summed E-state index contributed by atoms with van der Waals surface area (Å²) < 4.78 is 0. The Hall–Kier alpha value is -1.91. The lowest BCUT2D eigenvalue weighted by atomic mass is 10.1. The molecule has 1 aromatic rings. The van der Waals surface area contributed by atoms with Crippen LogP contribution in [0.2, 0.25) is 0 Å². The van der Waals surface area contributed by atoms with E-state index < -0.39 is 11.9 Å². The van der Waals surface area contributed by atoms with Crippen molar-refractivity contribution >= 4 is 11.9 Å². The Kier molecular flexibility index (Phi) is 2.59. The molecular weight excluding hydrogens is 174 g/mol. The highest BCUT2D eigenvalue weighted by Crippen LogP contribution is 2.03. The van der Waals surface area contributed by atoms with E-state index in [1.54, 1.807) is 0 Å². The third kappa shape index (κ3) is 2.55. The van der Waals surface area contributed by atoms with Gasteiger partial charge in [-0.25, -0.2) is 4.79 Å². The molecule has 2 N–H and O–H groups in total. The van der Waals surface area contributed by atoms with Gasteiger partial charge in [0, 0.05) is 12.4 Å². The fourth-order valence-corrected chi connectivity index (χ4v) is 0.876. The van der Waals surface area contributed by atoms with Crippen molar-refractivity contribution in [3.8, 4) is 0 Å². The van der Waals surface area contributed by atoms with Crippen molar-refractivity contribution in [2.75, 3.05) is 0 Å². The highest BCUT2D eigenvalue weighted by molar-refractivity contribution is 5.87. The third-order valence-corrected chi connectivity index (χ3v) is 1.40. The molecule has 0 saturated heterocycles. The minimum atomic E-state index is -1.11. The number of hydrogen-bond donors (Lipinski definition) is 2. The van der Waals surface area contributed by atoms with Gasteiger partial charge in [-0.15, -0.1) is 0 Å². The summed E-state index contributed by atoms with van der Waals surface area (Å²) in [4.78, 5) is 24.3. The van der Waals surface area contributed by atoms with E-state index in [1.807, 2.05) is 0 Å². The van der Waals surface area contributed by atoms with Crippen molar-refractivity contribution < 1.29 is 19.8 Å². The lowest BCUT2D eigenvalue weighted by Gasteiger charge is -1.97. The zero-order valence-electron chi connectivity index (χ0n) is 6.60. The van der Waals surface area contributed by atoms with Gasteiger partial charge in [0.25, 0.3) is 0 Å². The number of hydrogen-bond acceptors (Lipinski definition) is 3. The standard InChI is InChI=1S/C8H7NO4/c10-7(11)2-5-1-6(8(12)13)4-9-3-5/h1,3-4H,2H2,(H,10,11)(H,12,13). The molecule has 1 heterocycles. The molecule has 0 unspecified atom stereocenters. The van der Waals surface area contributed by atoms with Crippen molar-refractivity contribution in [3.63, 3.8) is 0 Å². The second kappa shape index (κ2) is 3.66. The first kappa shape index (κ1) is 9.18. The van der Waals surface area contributed by atoms with Gasteiger partial charge in [-0.1, -0.05) is 0 Å². The van der Waals surface area contributed by atoms with Crippen LogP contribution >= 0.6 is 0 Å². The summed E-state index contributed by atoms with van der Waals surface area (Å²) in [5.74, 6) is -2.12. The molecule has 0 aromatic carbocycles. The van der Waals surface area contributed by atoms with Crippen molar-refractivity contribution in [1.29, 1.82) is 0 Å².